The normalized spacial score (nSPS) is 21.2. The highest BCUT2D eigenvalue weighted by Gasteiger charge is 2.35. The van der Waals surface area contributed by atoms with Crippen molar-refractivity contribution in [2.45, 2.75) is 31.4 Å². The Hall–Kier alpha value is -1.92. The molecule has 2 amide bonds. The first-order valence-electron chi connectivity index (χ1n) is 7.57. The molecule has 0 radical (unpaired) electrons. The van der Waals surface area contributed by atoms with Gasteiger partial charge in [-0.15, -0.1) is 0 Å². The minimum absolute atomic E-state index is 0.105. The van der Waals surface area contributed by atoms with Gasteiger partial charge >= 0.3 is 0 Å². The van der Waals surface area contributed by atoms with Gasteiger partial charge in [-0.2, -0.15) is 0 Å². The number of unbranched alkanes of at least 4 members (excludes halogenated alkanes) is 2. The summed E-state index contributed by atoms with van der Waals surface area (Å²) in [5.74, 6) is -0.446. The van der Waals surface area contributed by atoms with E-state index < -0.39 is 12.1 Å². The Bertz CT molecular complexity index is 492. The lowest BCUT2D eigenvalue weighted by Crippen LogP contribution is -2.52. The number of benzene rings is 1. The molecule has 120 valence electrons. The van der Waals surface area contributed by atoms with Gasteiger partial charge in [0.1, 0.15) is 6.61 Å². The fourth-order valence-corrected chi connectivity index (χ4v) is 2.42. The van der Waals surface area contributed by atoms with Crippen LogP contribution in [-0.2, 0) is 14.3 Å². The van der Waals surface area contributed by atoms with Crippen molar-refractivity contribution in [2.24, 2.45) is 0 Å². The molecule has 0 bridgehead atoms. The fourth-order valence-electron chi connectivity index (χ4n) is 2.42. The minimum Gasteiger partial charge on any atom is -0.396 e. The molecule has 1 aliphatic heterocycles. The van der Waals surface area contributed by atoms with Crippen LogP contribution in [0.3, 0.4) is 0 Å². The maximum atomic E-state index is 12.3. The molecule has 0 unspecified atom stereocenters. The quantitative estimate of drug-likeness (QED) is 0.641. The molecule has 1 fully saturated rings. The van der Waals surface area contributed by atoms with Crippen LogP contribution in [0, 0.1) is 0 Å². The summed E-state index contributed by atoms with van der Waals surface area (Å²) in [6, 6.07) is 8.85. The third-order valence-corrected chi connectivity index (χ3v) is 3.56. The first-order valence-corrected chi connectivity index (χ1v) is 7.57. The minimum atomic E-state index is -0.724. The molecule has 6 nitrogen and oxygen atoms in total. The summed E-state index contributed by atoms with van der Waals surface area (Å²) in [6.45, 7) is 0.599. The number of carbonyl (C=O) groups excluding carboxylic acids is 2. The molecule has 0 aromatic heterocycles. The first kappa shape index (κ1) is 16.5. The topological polar surface area (TPSA) is 87.7 Å². The van der Waals surface area contributed by atoms with Crippen LogP contribution < -0.4 is 10.6 Å². The molecule has 22 heavy (non-hydrogen) atoms. The average Bonchev–Trinajstić information content (AvgIpc) is 2.55. The highest BCUT2D eigenvalue weighted by Crippen LogP contribution is 2.22. The third kappa shape index (κ3) is 4.54. The molecule has 0 saturated carbocycles. The highest BCUT2D eigenvalue weighted by molar-refractivity contribution is 5.86. The Morgan fingerprint density at radius 2 is 2.05 bits per heavy atom. The van der Waals surface area contributed by atoms with Crippen LogP contribution in [0.1, 0.15) is 30.9 Å². The van der Waals surface area contributed by atoms with Gasteiger partial charge in [0, 0.05) is 13.2 Å². The summed E-state index contributed by atoms with van der Waals surface area (Å²) >= 11 is 0. The number of ether oxygens (including phenoxy) is 1. The largest absolute Gasteiger partial charge is 0.396 e. The van der Waals surface area contributed by atoms with Crippen LogP contribution >= 0.6 is 0 Å². The highest BCUT2D eigenvalue weighted by atomic mass is 16.5. The predicted molar refractivity (Wildman–Crippen MR) is 81.0 cm³/mol. The van der Waals surface area contributed by atoms with Crippen molar-refractivity contribution in [3.05, 3.63) is 35.9 Å². The molecule has 1 aromatic rings. The lowest BCUT2D eigenvalue weighted by atomic mass is 9.99. The van der Waals surface area contributed by atoms with E-state index in [4.69, 9.17) is 9.84 Å². The van der Waals surface area contributed by atoms with Crippen LogP contribution in [0.4, 0.5) is 0 Å². The molecule has 0 spiro atoms. The molecule has 2 atom stereocenters. The van der Waals surface area contributed by atoms with E-state index in [-0.39, 0.29) is 25.0 Å². The number of morpholine rings is 1. The van der Waals surface area contributed by atoms with Crippen molar-refractivity contribution in [3.63, 3.8) is 0 Å². The number of carbonyl (C=O) groups is 2. The monoisotopic (exact) mass is 306 g/mol. The summed E-state index contributed by atoms with van der Waals surface area (Å²) in [5.41, 5.74) is 0.844. The summed E-state index contributed by atoms with van der Waals surface area (Å²) in [4.78, 5) is 23.8. The molecule has 1 aromatic carbocycles. The van der Waals surface area contributed by atoms with Crippen LogP contribution in [0.5, 0.6) is 0 Å². The molecule has 2 rings (SSSR count). The van der Waals surface area contributed by atoms with Gasteiger partial charge in [0.25, 0.3) is 5.91 Å². The molecular weight excluding hydrogens is 284 g/mol. The molecule has 0 aliphatic carbocycles. The number of nitrogens with one attached hydrogen (secondary N) is 2. The molecule has 1 heterocycles. The number of rotatable bonds is 7. The summed E-state index contributed by atoms with van der Waals surface area (Å²) in [5, 5.41) is 14.4. The van der Waals surface area contributed by atoms with Gasteiger partial charge in [-0.3, -0.25) is 9.59 Å². The van der Waals surface area contributed by atoms with Crippen LogP contribution in [0.25, 0.3) is 0 Å². The zero-order valence-electron chi connectivity index (χ0n) is 12.5. The van der Waals surface area contributed by atoms with Gasteiger partial charge in [0.15, 0.2) is 6.10 Å². The van der Waals surface area contributed by atoms with Crippen LogP contribution in [0.15, 0.2) is 30.3 Å². The zero-order chi connectivity index (χ0) is 15.8. The lowest BCUT2D eigenvalue weighted by molar-refractivity contribution is -0.148. The van der Waals surface area contributed by atoms with E-state index in [1.165, 1.54) is 0 Å². The van der Waals surface area contributed by atoms with Crippen LogP contribution in [0.2, 0.25) is 0 Å². The van der Waals surface area contributed by atoms with Crippen molar-refractivity contribution < 1.29 is 19.4 Å². The summed E-state index contributed by atoms with van der Waals surface area (Å²) in [6.07, 6.45) is 1.68. The SMILES string of the molecule is O=C1CO[C@H](C(=O)NCCCCCO)[C@@H](c2ccccc2)N1. The molecular formula is C16H22N2O4. The maximum Gasteiger partial charge on any atom is 0.251 e. The van der Waals surface area contributed by atoms with Crippen molar-refractivity contribution in [1.82, 2.24) is 10.6 Å². The second kappa shape index (κ2) is 8.51. The van der Waals surface area contributed by atoms with E-state index in [0.29, 0.717) is 6.54 Å². The Morgan fingerprint density at radius 1 is 1.27 bits per heavy atom. The fraction of sp³-hybridized carbons (Fsp3) is 0.500. The first-order chi connectivity index (χ1) is 10.7. The second-order valence-electron chi connectivity index (χ2n) is 5.26. The van der Waals surface area contributed by atoms with E-state index in [0.717, 1.165) is 24.8 Å². The number of aliphatic hydroxyl groups is 1. The molecule has 1 saturated heterocycles. The standard InChI is InChI=1S/C16H22N2O4/c19-10-6-2-5-9-17-16(21)15-14(18-13(20)11-22-15)12-7-3-1-4-8-12/h1,3-4,7-8,14-15,19H,2,5-6,9-11H2,(H,17,21)(H,18,20)/t14-,15+/m1/s1. The lowest BCUT2D eigenvalue weighted by Gasteiger charge is -2.31. The van der Waals surface area contributed by atoms with Gasteiger partial charge in [-0.25, -0.2) is 0 Å². The average molecular weight is 306 g/mol. The van der Waals surface area contributed by atoms with E-state index in [9.17, 15) is 9.59 Å². The van der Waals surface area contributed by atoms with Crippen LogP contribution in [-0.4, -0.2) is 42.8 Å². The predicted octanol–water partition coefficient (Wildman–Crippen LogP) is 0.521. The number of aliphatic hydroxyl groups excluding tert-OH is 1. The Morgan fingerprint density at radius 3 is 2.77 bits per heavy atom. The van der Waals surface area contributed by atoms with Crippen molar-refractivity contribution in [3.8, 4) is 0 Å². The van der Waals surface area contributed by atoms with Gasteiger partial charge in [0.05, 0.1) is 6.04 Å². The van der Waals surface area contributed by atoms with Gasteiger partial charge in [-0.05, 0) is 24.8 Å². The van der Waals surface area contributed by atoms with Crippen molar-refractivity contribution in [1.29, 1.82) is 0 Å². The van der Waals surface area contributed by atoms with Crippen molar-refractivity contribution >= 4 is 11.8 Å². The van der Waals surface area contributed by atoms with Crippen molar-refractivity contribution in [2.75, 3.05) is 19.8 Å². The number of hydrogen-bond acceptors (Lipinski definition) is 4. The van der Waals surface area contributed by atoms with E-state index in [2.05, 4.69) is 10.6 Å². The summed E-state index contributed by atoms with van der Waals surface area (Å²) < 4.78 is 5.43. The smallest absolute Gasteiger partial charge is 0.251 e. The summed E-state index contributed by atoms with van der Waals surface area (Å²) in [7, 11) is 0. The third-order valence-electron chi connectivity index (χ3n) is 3.56. The molecule has 1 aliphatic rings. The van der Waals surface area contributed by atoms with Gasteiger partial charge in [0.2, 0.25) is 5.91 Å². The van der Waals surface area contributed by atoms with E-state index >= 15 is 0 Å². The Labute approximate surface area is 129 Å². The van der Waals surface area contributed by atoms with E-state index in [1.54, 1.807) is 0 Å². The maximum absolute atomic E-state index is 12.3. The van der Waals surface area contributed by atoms with E-state index in [1.807, 2.05) is 30.3 Å². The number of amides is 2. The number of hydrogen-bond donors (Lipinski definition) is 3. The molecule has 3 N–H and O–H groups in total. The Kier molecular flexibility index (Phi) is 6.36. The van der Waals surface area contributed by atoms with Gasteiger partial charge in [-0.1, -0.05) is 30.3 Å². The van der Waals surface area contributed by atoms with Gasteiger partial charge < -0.3 is 20.5 Å². The molecule has 6 heteroatoms. The second-order valence-corrected chi connectivity index (χ2v) is 5.26. The Balaban J connectivity index is 1.94. The zero-order valence-corrected chi connectivity index (χ0v) is 12.5.